The summed E-state index contributed by atoms with van der Waals surface area (Å²) < 4.78 is 0. The number of aryl methyl sites for hydroxylation is 2. The van der Waals surface area contributed by atoms with E-state index < -0.39 is 0 Å². The first-order valence-corrected chi connectivity index (χ1v) is 6.82. The molecule has 2 rings (SSSR count). The lowest BCUT2D eigenvalue weighted by Crippen LogP contribution is -2.29. The molecule has 0 saturated heterocycles. The van der Waals surface area contributed by atoms with E-state index in [1.807, 2.05) is 0 Å². The zero-order chi connectivity index (χ0) is 12.3. The fraction of sp³-hybridized carbons (Fsp3) is 0.600. The largest absolute Gasteiger partial charge is 0.271 e. The van der Waals surface area contributed by atoms with Crippen LogP contribution in [-0.4, -0.2) is 0 Å². The zero-order valence-electron chi connectivity index (χ0n) is 11.0. The maximum absolute atomic E-state index is 5.70. The van der Waals surface area contributed by atoms with Crippen LogP contribution >= 0.6 is 0 Å². The predicted octanol–water partition coefficient (Wildman–Crippen LogP) is 3.12. The standard InChI is InChI=1S/C15H24N2/c1-3-11(2)9-15(17-16)14-8-7-12-5-4-6-13(12)10-14/h7-8,10-11,15,17H,3-6,9,16H2,1-2H3. The summed E-state index contributed by atoms with van der Waals surface area (Å²) in [6.07, 6.45) is 6.13. The van der Waals surface area contributed by atoms with Crippen LogP contribution < -0.4 is 11.3 Å². The first-order chi connectivity index (χ1) is 8.24. The first-order valence-electron chi connectivity index (χ1n) is 6.82. The van der Waals surface area contributed by atoms with Crippen LogP contribution in [0.4, 0.5) is 0 Å². The molecule has 2 unspecified atom stereocenters. The average molecular weight is 232 g/mol. The summed E-state index contributed by atoms with van der Waals surface area (Å²) in [5.74, 6) is 6.42. The Balaban J connectivity index is 2.14. The van der Waals surface area contributed by atoms with Gasteiger partial charge in [0.25, 0.3) is 0 Å². The van der Waals surface area contributed by atoms with Crippen molar-refractivity contribution in [2.75, 3.05) is 0 Å². The molecule has 0 bridgehead atoms. The molecule has 1 aromatic rings. The number of rotatable bonds is 5. The van der Waals surface area contributed by atoms with Gasteiger partial charge in [-0.1, -0.05) is 38.5 Å². The second kappa shape index (κ2) is 5.65. The van der Waals surface area contributed by atoms with Crippen LogP contribution in [0.1, 0.15) is 55.8 Å². The molecule has 17 heavy (non-hydrogen) atoms. The third kappa shape index (κ3) is 2.88. The maximum Gasteiger partial charge on any atom is 0.0462 e. The molecule has 0 saturated carbocycles. The number of hydrazine groups is 1. The molecule has 3 N–H and O–H groups in total. The van der Waals surface area contributed by atoms with Gasteiger partial charge in [-0.15, -0.1) is 0 Å². The first kappa shape index (κ1) is 12.6. The van der Waals surface area contributed by atoms with Crippen LogP contribution in [0.25, 0.3) is 0 Å². The number of hydrogen-bond donors (Lipinski definition) is 2. The smallest absolute Gasteiger partial charge is 0.0462 e. The Labute approximate surface area is 105 Å². The summed E-state index contributed by atoms with van der Waals surface area (Å²) in [5, 5.41) is 0. The second-order valence-electron chi connectivity index (χ2n) is 5.35. The van der Waals surface area contributed by atoms with Crippen molar-refractivity contribution in [2.45, 2.75) is 52.0 Å². The number of benzene rings is 1. The van der Waals surface area contributed by atoms with E-state index in [-0.39, 0.29) is 0 Å². The minimum Gasteiger partial charge on any atom is -0.271 e. The summed E-state index contributed by atoms with van der Waals surface area (Å²) in [4.78, 5) is 0. The van der Waals surface area contributed by atoms with Crippen molar-refractivity contribution in [1.29, 1.82) is 0 Å². The van der Waals surface area contributed by atoms with Gasteiger partial charge in [-0.3, -0.25) is 11.3 Å². The van der Waals surface area contributed by atoms with Crippen molar-refractivity contribution in [3.05, 3.63) is 34.9 Å². The van der Waals surface area contributed by atoms with E-state index in [0.717, 1.165) is 6.42 Å². The third-order valence-corrected chi connectivity index (χ3v) is 4.06. The Morgan fingerprint density at radius 2 is 2.06 bits per heavy atom. The molecule has 94 valence electrons. The van der Waals surface area contributed by atoms with Crippen LogP contribution in [-0.2, 0) is 12.8 Å². The van der Waals surface area contributed by atoms with Crippen LogP contribution in [0.3, 0.4) is 0 Å². The number of fused-ring (bicyclic) bond motifs is 1. The highest BCUT2D eigenvalue weighted by molar-refractivity contribution is 5.36. The van der Waals surface area contributed by atoms with Gasteiger partial charge in [-0.25, -0.2) is 0 Å². The van der Waals surface area contributed by atoms with Crippen LogP contribution in [0.5, 0.6) is 0 Å². The van der Waals surface area contributed by atoms with E-state index in [0.29, 0.717) is 12.0 Å². The lowest BCUT2D eigenvalue weighted by molar-refractivity contribution is 0.407. The summed E-state index contributed by atoms with van der Waals surface area (Å²) in [6, 6.07) is 7.20. The van der Waals surface area contributed by atoms with Gasteiger partial charge in [0.05, 0.1) is 0 Å². The molecule has 1 aromatic carbocycles. The molecule has 0 heterocycles. The van der Waals surface area contributed by atoms with Crippen molar-refractivity contribution in [2.24, 2.45) is 11.8 Å². The SMILES string of the molecule is CCC(C)CC(NN)c1ccc2c(c1)CCC2. The summed E-state index contributed by atoms with van der Waals surface area (Å²) in [5.41, 5.74) is 7.40. The molecule has 1 aliphatic carbocycles. The highest BCUT2D eigenvalue weighted by Crippen LogP contribution is 2.28. The van der Waals surface area contributed by atoms with Gasteiger partial charge in [0.1, 0.15) is 0 Å². The third-order valence-electron chi connectivity index (χ3n) is 4.06. The Bertz CT molecular complexity index is 373. The minimum atomic E-state index is 0.302. The van der Waals surface area contributed by atoms with Crippen LogP contribution in [0.2, 0.25) is 0 Å². The molecule has 0 fully saturated rings. The van der Waals surface area contributed by atoms with E-state index in [4.69, 9.17) is 5.84 Å². The molecule has 0 aromatic heterocycles. The van der Waals surface area contributed by atoms with Crippen molar-refractivity contribution in [3.8, 4) is 0 Å². The molecule has 2 nitrogen and oxygen atoms in total. The summed E-state index contributed by atoms with van der Waals surface area (Å²) >= 11 is 0. The number of hydrogen-bond acceptors (Lipinski definition) is 2. The summed E-state index contributed by atoms with van der Waals surface area (Å²) in [6.45, 7) is 4.53. The second-order valence-corrected chi connectivity index (χ2v) is 5.35. The fourth-order valence-corrected chi connectivity index (χ4v) is 2.68. The van der Waals surface area contributed by atoms with Crippen LogP contribution in [0.15, 0.2) is 18.2 Å². The highest BCUT2D eigenvalue weighted by Gasteiger charge is 2.16. The van der Waals surface area contributed by atoms with Crippen molar-refractivity contribution in [3.63, 3.8) is 0 Å². The molecule has 1 aliphatic rings. The van der Waals surface area contributed by atoms with Gasteiger partial charge < -0.3 is 0 Å². The van der Waals surface area contributed by atoms with Crippen LogP contribution in [0, 0.1) is 5.92 Å². The van der Waals surface area contributed by atoms with Gasteiger partial charge in [0.15, 0.2) is 0 Å². The quantitative estimate of drug-likeness (QED) is 0.604. The maximum atomic E-state index is 5.70. The number of nitrogens with two attached hydrogens (primary N) is 1. The molecule has 0 radical (unpaired) electrons. The van der Waals surface area contributed by atoms with Crippen molar-refractivity contribution >= 4 is 0 Å². The molecular weight excluding hydrogens is 208 g/mol. The fourth-order valence-electron chi connectivity index (χ4n) is 2.68. The van der Waals surface area contributed by atoms with Gasteiger partial charge in [0.2, 0.25) is 0 Å². The molecule has 0 aliphatic heterocycles. The topological polar surface area (TPSA) is 38.0 Å². The van der Waals surface area contributed by atoms with Gasteiger partial charge in [-0.2, -0.15) is 0 Å². The van der Waals surface area contributed by atoms with Crippen molar-refractivity contribution < 1.29 is 0 Å². The molecule has 0 spiro atoms. The van der Waals surface area contributed by atoms with Crippen molar-refractivity contribution in [1.82, 2.24) is 5.43 Å². The molecular formula is C15H24N2. The van der Waals surface area contributed by atoms with E-state index in [1.54, 1.807) is 0 Å². The normalized spacial score (nSPS) is 17.8. The van der Waals surface area contributed by atoms with E-state index in [2.05, 4.69) is 37.5 Å². The Morgan fingerprint density at radius 3 is 2.76 bits per heavy atom. The highest BCUT2D eigenvalue weighted by atomic mass is 15.2. The Morgan fingerprint density at radius 1 is 1.29 bits per heavy atom. The van der Waals surface area contributed by atoms with E-state index >= 15 is 0 Å². The number of nitrogens with one attached hydrogen (secondary N) is 1. The lowest BCUT2D eigenvalue weighted by atomic mass is 9.93. The average Bonchev–Trinajstić information content (AvgIpc) is 2.82. The Kier molecular flexibility index (Phi) is 4.19. The van der Waals surface area contributed by atoms with Gasteiger partial charge in [0, 0.05) is 6.04 Å². The van der Waals surface area contributed by atoms with Gasteiger partial charge in [-0.05, 0) is 48.3 Å². The zero-order valence-corrected chi connectivity index (χ0v) is 11.0. The summed E-state index contributed by atoms with van der Waals surface area (Å²) in [7, 11) is 0. The monoisotopic (exact) mass is 232 g/mol. The predicted molar refractivity (Wildman–Crippen MR) is 72.6 cm³/mol. The Hall–Kier alpha value is -0.860. The van der Waals surface area contributed by atoms with E-state index in [1.165, 1.54) is 42.4 Å². The molecule has 0 amide bonds. The minimum absolute atomic E-state index is 0.302. The van der Waals surface area contributed by atoms with Gasteiger partial charge >= 0.3 is 0 Å². The lowest BCUT2D eigenvalue weighted by Gasteiger charge is -2.20. The van der Waals surface area contributed by atoms with E-state index in [9.17, 15) is 0 Å². The molecule has 2 atom stereocenters. The molecule has 2 heteroatoms.